The highest BCUT2D eigenvalue weighted by Gasteiger charge is 2.50. The van der Waals surface area contributed by atoms with Gasteiger partial charge in [-0.1, -0.05) is 17.8 Å². The number of hydrogen-bond donors (Lipinski definition) is 7. The molecule has 28 heteroatoms. The summed E-state index contributed by atoms with van der Waals surface area (Å²) in [4.78, 5) is 96.0. The van der Waals surface area contributed by atoms with Gasteiger partial charge in [-0.15, -0.1) is 6.58 Å². The van der Waals surface area contributed by atoms with Crippen LogP contribution in [0.2, 0.25) is 0 Å². The smallest absolute Gasteiger partial charge is 0.455 e. The first-order valence-corrected chi connectivity index (χ1v) is 21.4. The Balaban J connectivity index is 1.37. The van der Waals surface area contributed by atoms with E-state index in [4.69, 9.17) is 34.7 Å². The Morgan fingerprint density at radius 1 is 1.10 bits per heavy atom. The van der Waals surface area contributed by atoms with Crippen molar-refractivity contribution in [3.63, 3.8) is 0 Å². The molecule has 5 rings (SSSR count). The van der Waals surface area contributed by atoms with E-state index in [0.29, 0.717) is 0 Å². The normalized spacial score (nSPS) is 24.9. The zero-order valence-corrected chi connectivity index (χ0v) is 33.1. The zero-order chi connectivity index (χ0) is 42.4. The topological polar surface area (TPSA) is 364 Å². The summed E-state index contributed by atoms with van der Waals surface area (Å²) < 4.78 is 59.7. The fraction of sp³-hybridized carbons (Fsp3) is 0.533. The first kappa shape index (κ1) is 44.9. The van der Waals surface area contributed by atoms with E-state index in [1.807, 2.05) is 0 Å². The number of phosphoric ester groups is 2. The van der Waals surface area contributed by atoms with Crippen LogP contribution in [0.15, 0.2) is 42.4 Å². The van der Waals surface area contributed by atoms with Crippen LogP contribution in [0.3, 0.4) is 0 Å². The molecule has 1 amide bonds. The van der Waals surface area contributed by atoms with E-state index < -0.39 is 95.4 Å². The van der Waals surface area contributed by atoms with Crippen LogP contribution < -0.4 is 22.5 Å². The number of ether oxygens (including phenoxy) is 3. The Kier molecular flexibility index (Phi) is 14.9. The molecule has 0 saturated carbocycles. The van der Waals surface area contributed by atoms with Gasteiger partial charge in [-0.3, -0.25) is 32.3 Å². The third-order valence-electron chi connectivity index (χ3n) is 8.70. The Morgan fingerprint density at radius 2 is 1.84 bits per heavy atom. The van der Waals surface area contributed by atoms with Crippen molar-refractivity contribution in [2.45, 2.75) is 81.1 Å². The van der Waals surface area contributed by atoms with Crippen molar-refractivity contribution in [3.05, 3.63) is 48.1 Å². The molecule has 2 saturated heterocycles. The lowest BCUT2D eigenvalue weighted by molar-refractivity contribution is -0.160. The monoisotopic (exact) mass is 877 g/mol. The van der Waals surface area contributed by atoms with Crippen LogP contribution >= 0.6 is 27.4 Å². The second-order valence-corrected chi connectivity index (χ2v) is 16.2. The van der Waals surface area contributed by atoms with Gasteiger partial charge in [0.25, 0.3) is 0 Å². The van der Waals surface area contributed by atoms with Crippen molar-refractivity contribution >= 4 is 67.2 Å². The van der Waals surface area contributed by atoms with Gasteiger partial charge in [0.15, 0.2) is 28.9 Å². The summed E-state index contributed by atoms with van der Waals surface area (Å²) in [6.07, 6.45) is -4.40. The van der Waals surface area contributed by atoms with Crippen LogP contribution in [0.25, 0.3) is 11.2 Å². The summed E-state index contributed by atoms with van der Waals surface area (Å²) in [6, 6.07) is -0.106. The highest BCUT2D eigenvalue weighted by atomic mass is 32.2. The van der Waals surface area contributed by atoms with Crippen molar-refractivity contribution in [2.75, 3.05) is 30.9 Å². The molecule has 0 aromatic carbocycles. The van der Waals surface area contributed by atoms with Gasteiger partial charge in [-0.25, -0.2) is 33.7 Å². The summed E-state index contributed by atoms with van der Waals surface area (Å²) in [5.41, 5.74) is 10.8. The minimum atomic E-state index is -5.23. The van der Waals surface area contributed by atoms with E-state index >= 15 is 0 Å². The maximum absolute atomic E-state index is 13.7. The van der Waals surface area contributed by atoms with E-state index in [9.17, 15) is 48.1 Å². The van der Waals surface area contributed by atoms with Gasteiger partial charge in [0.05, 0.1) is 19.5 Å². The SMILES string of the molecule is C=CCCC(=O)N[C@@H](CCC(=O)SC)C(=O)O[C@H]1[C@@H](O)[C@H](n2cnc3c(N)ncnc32)O[C@@H]1COP(=O)(O)O[C@H]1C[C@H](n2ccc(N)nc2=O)O[C@@H]1COP(=O)(O)O. The number of amides is 1. The van der Waals surface area contributed by atoms with Gasteiger partial charge in [0.1, 0.15) is 54.3 Å². The lowest BCUT2D eigenvalue weighted by Crippen LogP contribution is -2.46. The molecule has 1 unspecified atom stereocenters. The van der Waals surface area contributed by atoms with Crippen LogP contribution in [0.5, 0.6) is 0 Å². The molecule has 0 bridgehead atoms. The molecule has 3 aromatic heterocycles. The summed E-state index contributed by atoms with van der Waals surface area (Å²) in [6.45, 7) is 1.79. The fourth-order valence-corrected chi connectivity index (χ4v) is 7.55. The molecule has 9 atom stereocenters. The van der Waals surface area contributed by atoms with Crippen LogP contribution in [-0.2, 0) is 51.3 Å². The van der Waals surface area contributed by atoms with E-state index in [2.05, 4.69) is 36.4 Å². The summed E-state index contributed by atoms with van der Waals surface area (Å²) in [5, 5.41) is 13.8. The van der Waals surface area contributed by atoms with Crippen molar-refractivity contribution < 1.29 is 71.1 Å². The first-order valence-electron chi connectivity index (χ1n) is 17.2. The number of aromatic nitrogens is 6. The van der Waals surface area contributed by atoms with Gasteiger partial charge < -0.3 is 50.8 Å². The number of phosphoric acid groups is 2. The molecule has 58 heavy (non-hydrogen) atoms. The predicted octanol–water partition coefficient (Wildman–Crippen LogP) is -0.562. The van der Waals surface area contributed by atoms with Gasteiger partial charge >= 0.3 is 27.3 Å². The predicted molar refractivity (Wildman–Crippen MR) is 199 cm³/mol. The zero-order valence-electron chi connectivity index (χ0n) is 30.5. The van der Waals surface area contributed by atoms with E-state index in [0.717, 1.165) is 22.7 Å². The molecular weight excluding hydrogens is 836 g/mol. The number of fused-ring (bicyclic) bond motifs is 1. The Hall–Kier alpha value is -4.17. The number of aliphatic hydroxyl groups is 1. The van der Waals surface area contributed by atoms with E-state index in [-0.39, 0.29) is 60.0 Å². The molecule has 2 aliphatic heterocycles. The molecule has 25 nitrogen and oxygen atoms in total. The number of carbonyl (C=O) groups is 3. The second kappa shape index (κ2) is 19.3. The average molecular weight is 878 g/mol. The Bertz CT molecular complexity index is 2140. The molecule has 9 N–H and O–H groups in total. The number of allylic oxidation sites excluding steroid dienone is 1. The van der Waals surface area contributed by atoms with Crippen LogP contribution in [0, 0.1) is 0 Å². The summed E-state index contributed by atoms with van der Waals surface area (Å²) >= 11 is 0.914. The Morgan fingerprint density at radius 3 is 2.53 bits per heavy atom. The quantitative estimate of drug-likeness (QED) is 0.0451. The van der Waals surface area contributed by atoms with Gasteiger partial charge in [-0.05, 0) is 25.2 Å². The highest BCUT2D eigenvalue weighted by molar-refractivity contribution is 8.13. The number of imidazole rings is 1. The third-order valence-corrected chi connectivity index (χ3v) is 10.9. The number of hydrogen-bond acceptors (Lipinski definition) is 20. The van der Waals surface area contributed by atoms with Crippen LogP contribution in [0.1, 0.15) is 44.6 Å². The third kappa shape index (κ3) is 11.5. The highest BCUT2D eigenvalue weighted by Crippen LogP contribution is 2.50. The van der Waals surface area contributed by atoms with Crippen molar-refractivity contribution in [2.24, 2.45) is 0 Å². The first-order chi connectivity index (χ1) is 27.4. The maximum Gasteiger partial charge on any atom is 0.472 e. The lowest BCUT2D eigenvalue weighted by Gasteiger charge is -2.25. The van der Waals surface area contributed by atoms with Gasteiger partial charge in [0.2, 0.25) is 5.91 Å². The Labute approximate surface area is 332 Å². The number of nitrogens with one attached hydrogen (secondary N) is 1. The van der Waals surface area contributed by atoms with Gasteiger partial charge in [0, 0.05) is 25.5 Å². The average Bonchev–Trinajstić information content (AvgIpc) is 3.85. The lowest BCUT2D eigenvalue weighted by atomic mass is 10.1. The number of rotatable bonds is 19. The summed E-state index contributed by atoms with van der Waals surface area (Å²) in [7, 11) is -10.3. The fourth-order valence-electron chi connectivity index (χ4n) is 5.93. The summed E-state index contributed by atoms with van der Waals surface area (Å²) in [5.74, 6) is -1.76. The molecule has 2 aliphatic rings. The number of nitrogens with zero attached hydrogens (tertiary/aromatic N) is 6. The molecule has 3 aromatic rings. The van der Waals surface area contributed by atoms with Crippen molar-refractivity contribution in [1.82, 2.24) is 34.4 Å². The number of nitrogen functional groups attached to an aromatic ring is 2. The minimum absolute atomic E-state index is 0.00699. The van der Waals surface area contributed by atoms with Crippen LogP contribution in [0.4, 0.5) is 11.6 Å². The standard InChI is InChI=1S/C30H41N9O16P2S/c1-3-4-5-20(40)36-15(6-7-22(41)58-2)29(43)54-25-18(53-28(24(25)42)39-14-35-23-26(32)33-13-34-27(23)39)12-51-57(48,49)55-16-10-21(38-9-8-19(31)37-30(38)44)52-17(16)11-50-56(45,46)47/h3,8-9,13-18,21,24-25,28,42H,1,4-7,10-12H2,2H3,(H,36,40)(H,48,49)(H2,31,37,44)(H2,32,33,34)(H2,45,46,47)/t15-,16-,17+,18+,21+,24+,25+,28+/m0/s1. The number of nitrogens with two attached hydrogens (primary N) is 2. The molecule has 0 radical (unpaired) electrons. The number of carbonyl (C=O) groups excluding carboxylic acids is 3. The van der Waals surface area contributed by atoms with Gasteiger partial charge in [-0.2, -0.15) is 4.98 Å². The largest absolute Gasteiger partial charge is 0.472 e. The molecule has 5 heterocycles. The minimum Gasteiger partial charge on any atom is -0.455 e. The van der Waals surface area contributed by atoms with Crippen molar-refractivity contribution in [1.29, 1.82) is 0 Å². The second-order valence-electron chi connectivity index (χ2n) is 12.7. The van der Waals surface area contributed by atoms with E-state index in [1.54, 1.807) is 6.26 Å². The van der Waals surface area contributed by atoms with Crippen LogP contribution in [-0.4, -0.2) is 122 Å². The number of thioether (sulfide) groups is 1. The maximum atomic E-state index is 13.7. The number of aliphatic hydroxyl groups excluding tert-OH is 1. The van der Waals surface area contributed by atoms with E-state index in [1.165, 1.54) is 29.2 Å². The number of anilines is 2. The molecule has 0 aliphatic carbocycles. The van der Waals surface area contributed by atoms with Crippen molar-refractivity contribution in [3.8, 4) is 0 Å². The molecule has 2 fully saturated rings. The number of esters is 1. The molecule has 0 spiro atoms. The molecular formula is C30H41N9O16P2S. The molecule has 318 valence electrons.